The maximum Gasteiger partial charge on any atom is 0.443 e. The first-order chi connectivity index (χ1) is 10.1. The van der Waals surface area contributed by atoms with E-state index in [9.17, 15) is 15.0 Å². The number of ether oxygens (including phenoxy) is 2. The summed E-state index contributed by atoms with van der Waals surface area (Å²) in [5, 5.41) is 18.3. The molecular weight excluding hydrogens is 314 g/mol. The van der Waals surface area contributed by atoms with Crippen molar-refractivity contribution in [3.63, 3.8) is 0 Å². The lowest BCUT2D eigenvalue weighted by molar-refractivity contribution is -0.0000216. The molecule has 1 aromatic carbocycles. The van der Waals surface area contributed by atoms with Crippen LogP contribution in [0.5, 0.6) is 11.5 Å². The number of carbonyl (C=O) groups is 1. The van der Waals surface area contributed by atoms with Crippen molar-refractivity contribution in [1.29, 1.82) is 5.39 Å². The molecule has 0 saturated carbocycles. The Labute approximate surface area is 129 Å². The molecule has 0 unspecified atom stereocenters. The van der Waals surface area contributed by atoms with E-state index in [0.717, 1.165) is 0 Å². The summed E-state index contributed by atoms with van der Waals surface area (Å²) in [4.78, 5) is 26.7. The smallest absolute Gasteiger partial charge is 0.443 e. The number of halogens is 1. The Kier molecular flexibility index (Phi) is 3.93. The lowest BCUT2D eigenvalue weighted by Gasteiger charge is -2.09. The van der Waals surface area contributed by atoms with Gasteiger partial charge >= 0.3 is 11.7 Å². The molecule has 1 aliphatic heterocycles. The molecule has 1 aliphatic rings. The number of fused-ring (bicyclic) bond motifs is 2. The first-order valence-corrected chi connectivity index (χ1v) is 6.16. The summed E-state index contributed by atoms with van der Waals surface area (Å²) in [6.45, 7) is 2.18. The van der Waals surface area contributed by atoms with E-state index in [1.807, 2.05) is 0 Å². The van der Waals surface area contributed by atoms with Gasteiger partial charge in [0.2, 0.25) is 17.6 Å². The lowest BCUT2D eigenvalue weighted by Crippen LogP contribution is -3.00. The first kappa shape index (κ1) is 15.6. The van der Waals surface area contributed by atoms with Crippen LogP contribution in [0, 0.1) is 5.39 Å². The topological polar surface area (TPSA) is 106 Å². The van der Waals surface area contributed by atoms with E-state index in [2.05, 4.69) is 4.98 Å². The van der Waals surface area contributed by atoms with Crippen LogP contribution in [0.15, 0.2) is 17.1 Å². The number of rotatable bonds is 2. The number of benzene rings is 1. The van der Waals surface area contributed by atoms with Gasteiger partial charge in [-0.15, -0.1) is 0 Å². The quantitative estimate of drug-likeness (QED) is 0.706. The van der Waals surface area contributed by atoms with Crippen molar-refractivity contribution in [1.82, 2.24) is 4.57 Å². The van der Waals surface area contributed by atoms with Gasteiger partial charge in [-0.1, -0.05) is 0 Å². The molecule has 1 aromatic heterocycles. The Bertz CT molecular complexity index is 884. The fourth-order valence-corrected chi connectivity index (χ4v) is 2.39. The van der Waals surface area contributed by atoms with E-state index in [0.29, 0.717) is 17.8 Å². The lowest BCUT2D eigenvalue weighted by atomic mass is 10.1. The molecule has 0 aliphatic carbocycles. The molecule has 9 heteroatoms. The van der Waals surface area contributed by atoms with E-state index < -0.39 is 17.0 Å². The third-order valence-corrected chi connectivity index (χ3v) is 3.35. The van der Waals surface area contributed by atoms with E-state index in [4.69, 9.17) is 14.6 Å². The van der Waals surface area contributed by atoms with Crippen LogP contribution in [0.1, 0.15) is 17.3 Å². The molecule has 0 fully saturated rings. The Hall–Kier alpha value is -2.79. The average molecular weight is 324 g/mol. The fourth-order valence-electron chi connectivity index (χ4n) is 2.39. The zero-order valence-electron chi connectivity index (χ0n) is 11.4. The summed E-state index contributed by atoms with van der Waals surface area (Å²) in [6.07, 6.45) is 1.26. The number of hydrogen-bond acceptors (Lipinski definition) is 5. The van der Waals surface area contributed by atoms with Gasteiger partial charge in [-0.3, -0.25) is 4.79 Å². The zero-order valence-corrected chi connectivity index (χ0v) is 12.1. The van der Waals surface area contributed by atoms with Crippen LogP contribution in [-0.2, 0) is 6.54 Å². The molecule has 2 aromatic rings. The number of aryl methyl sites for hydroxylation is 1. The van der Waals surface area contributed by atoms with Crippen LogP contribution in [0.2, 0.25) is 0 Å². The van der Waals surface area contributed by atoms with Crippen LogP contribution >= 0.6 is 0 Å². The molecule has 114 valence electrons. The van der Waals surface area contributed by atoms with E-state index in [1.165, 1.54) is 6.20 Å². The number of carboxylic acids is 1. The second-order valence-corrected chi connectivity index (χ2v) is 4.42. The molecule has 0 atom stereocenters. The summed E-state index contributed by atoms with van der Waals surface area (Å²) in [7, 11) is 0. The molecule has 8 nitrogen and oxygen atoms in total. The van der Waals surface area contributed by atoms with Crippen molar-refractivity contribution >= 4 is 22.6 Å². The highest BCUT2D eigenvalue weighted by Crippen LogP contribution is 2.45. The number of nitrogens with zero attached hydrogens (tertiary/aromatic N) is 3. The summed E-state index contributed by atoms with van der Waals surface area (Å²) >= 11 is 0. The van der Waals surface area contributed by atoms with Crippen LogP contribution < -0.4 is 27.3 Å². The standard InChI is InChI=1S/C13H9N3O5.ClH/c1-2-16-4-6(13(18)19)11(17)9-7(16)3-8-12(10(9)15-14)21-5-20-8;/h3-4H,2,5H2,1H3;1H. The predicted octanol–water partition coefficient (Wildman–Crippen LogP) is -1.06. The fraction of sp³-hybridized carbons (Fsp3) is 0.231. The predicted molar refractivity (Wildman–Crippen MR) is 71.7 cm³/mol. The van der Waals surface area contributed by atoms with Crippen LogP contribution in [-0.4, -0.2) is 22.4 Å². The Morgan fingerprint density at radius 3 is 2.82 bits per heavy atom. The molecular formula is C13H10ClN3O5. The number of hydrogen-bond donors (Lipinski definition) is 1. The second-order valence-electron chi connectivity index (χ2n) is 4.42. The molecule has 0 spiro atoms. The third kappa shape index (κ3) is 2.03. The van der Waals surface area contributed by atoms with Gasteiger partial charge in [-0.25, -0.2) is 4.79 Å². The minimum atomic E-state index is -1.34. The molecule has 0 bridgehead atoms. The van der Waals surface area contributed by atoms with Crippen molar-refractivity contribution in [3.8, 4) is 11.5 Å². The van der Waals surface area contributed by atoms with E-state index in [1.54, 1.807) is 17.6 Å². The molecule has 1 N–H and O–H groups in total. The molecule has 0 amide bonds. The number of aromatic nitrogens is 1. The summed E-state index contributed by atoms with van der Waals surface area (Å²) in [5.74, 6) is -0.863. The SMILES string of the molecule is CCn1cc(C(=O)O)c(=O)c2c([N+]#N)c3c(cc21)OCO3.[Cl-]. The van der Waals surface area contributed by atoms with Crippen LogP contribution in [0.3, 0.4) is 0 Å². The monoisotopic (exact) mass is 323 g/mol. The van der Waals surface area contributed by atoms with Gasteiger partial charge in [0.15, 0.2) is 10.7 Å². The largest absolute Gasteiger partial charge is 1.00 e. The van der Waals surface area contributed by atoms with Crippen molar-refractivity contribution in [3.05, 3.63) is 33.0 Å². The highest BCUT2D eigenvalue weighted by molar-refractivity contribution is 6.01. The maximum atomic E-state index is 12.4. The molecule has 0 radical (unpaired) electrons. The molecule has 3 rings (SSSR count). The van der Waals surface area contributed by atoms with E-state index in [-0.39, 0.29) is 36.0 Å². The molecule has 2 heterocycles. The number of carboxylic acid groups (broad SMARTS) is 1. The van der Waals surface area contributed by atoms with Crippen molar-refractivity contribution in [2.24, 2.45) is 0 Å². The minimum absolute atomic E-state index is 0. The van der Waals surface area contributed by atoms with Gasteiger partial charge in [0.1, 0.15) is 10.9 Å². The average Bonchev–Trinajstić information content (AvgIpc) is 2.93. The highest BCUT2D eigenvalue weighted by Gasteiger charge is 2.33. The van der Waals surface area contributed by atoms with Crippen LogP contribution in [0.25, 0.3) is 15.9 Å². The molecule has 0 saturated heterocycles. The van der Waals surface area contributed by atoms with Gasteiger partial charge < -0.3 is 31.6 Å². The van der Waals surface area contributed by atoms with Crippen LogP contribution in [0.4, 0.5) is 5.69 Å². The molecule has 22 heavy (non-hydrogen) atoms. The third-order valence-electron chi connectivity index (χ3n) is 3.35. The highest BCUT2D eigenvalue weighted by atomic mass is 35.5. The zero-order chi connectivity index (χ0) is 15.1. The van der Waals surface area contributed by atoms with Gasteiger partial charge in [-0.2, -0.15) is 0 Å². The summed E-state index contributed by atoms with van der Waals surface area (Å²) in [5.41, 5.74) is -0.818. The van der Waals surface area contributed by atoms with Crippen molar-refractivity contribution in [2.45, 2.75) is 13.5 Å². The minimum Gasteiger partial charge on any atom is -1.00 e. The summed E-state index contributed by atoms with van der Waals surface area (Å²) in [6, 6.07) is 1.57. The van der Waals surface area contributed by atoms with Crippen molar-refractivity contribution < 1.29 is 31.8 Å². The Balaban J connectivity index is 0.00000176. The summed E-state index contributed by atoms with van der Waals surface area (Å²) < 4.78 is 12.0. The Morgan fingerprint density at radius 1 is 1.50 bits per heavy atom. The van der Waals surface area contributed by atoms with Gasteiger partial charge in [0.05, 0.1) is 5.52 Å². The first-order valence-electron chi connectivity index (χ1n) is 6.16. The van der Waals surface area contributed by atoms with E-state index >= 15 is 0 Å². The van der Waals surface area contributed by atoms with Crippen molar-refractivity contribution in [2.75, 3.05) is 6.79 Å². The number of aromatic carboxylic acids is 1. The van der Waals surface area contributed by atoms with Gasteiger partial charge in [-0.05, 0) is 6.92 Å². The van der Waals surface area contributed by atoms with Gasteiger partial charge in [0.25, 0.3) is 5.75 Å². The normalized spacial score (nSPS) is 11.8. The Morgan fingerprint density at radius 2 is 2.23 bits per heavy atom. The van der Waals surface area contributed by atoms with Gasteiger partial charge in [0, 0.05) is 18.8 Å². The second kappa shape index (κ2) is 5.54. The maximum absolute atomic E-state index is 12.4. The number of pyridine rings is 1. The number of diazo groups is 1.